The van der Waals surface area contributed by atoms with Crippen LogP contribution in [-0.4, -0.2) is 95.9 Å². The lowest BCUT2D eigenvalue weighted by molar-refractivity contribution is -0.161. The van der Waals surface area contributed by atoms with Crippen molar-refractivity contribution in [2.75, 3.05) is 39.6 Å². The van der Waals surface area contributed by atoms with Gasteiger partial charge in [-0.1, -0.05) is 240 Å². The van der Waals surface area contributed by atoms with Crippen LogP contribution in [-0.2, 0) is 55.8 Å². The van der Waals surface area contributed by atoms with Gasteiger partial charge in [0.1, 0.15) is 25.4 Å². The molecule has 0 heterocycles. The number of aliphatic hydroxyl groups is 2. The number of carbonyl (C=O) groups excluding carboxylic acids is 3. The Labute approximate surface area is 539 Å². The van der Waals surface area contributed by atoms with E-state index in [0.717, 1.165) is 154 Å². The van der Waals surface area contributed by atoms with Crippen molar-refractivity contribution in [1.29, 1.82) is 0 Å². The first kappa shape index (κ1) is 85.5. The fourth-order valence-electron chi connectivity index (χ4n) is 8.98. The minimum absolute atomic E-state index is 0.0870. The van der Waals surface area contributed by atoms with E-state index in [-0.39, 0.29) is 19.3 Å². The van der Waals surface area contributed by atoms with Gasteiger partial charge in [-0.15, -0.1) is 0 Å². The molecule has 0 amide bonds. The number of rotatable bonds is 65. The Bertz CT molecular complexity index is 2010. The summed E-state index contributed by atoms with van der Waals surface area (Å²) in [6.45, 7) is 2.45. The number of phosphoric acid groups is 2. The maximum atomic E-state index is 12.9. The molecule has 0 saturated heterocycles. The van der Waals surface area contributed by atoms with Gasteiger partial charge in [0.2, 0.25) is 0 Å². The molecule has 0 bridgehead atoms. The van der Waals surface area contributed by atoms with Crippen LogP contribution in [0.15, 0.2) is 97.2 Å². The highest BCUT2D eigenvalue weighted by atomic mass is 31.2. The molecule has 514 valence electrons. The molecular formula is C71H124O16P2. The number of allylic oxidation sites excluding steroid dienone is 16. The summed E-state index contributed by atoms with van der Waals surface area (Å²) in [6, 6.07) is 0. The van der Waals surface area contributed by atoms with Gasteiger partial charge in [-0.05, 0) is 116 Å². The molecule has 0 fully saturated rings. The van der Waals surface area contributed by atoms with Crippen molar-refractivity contribution in [3.63, 3.8) is 0 Å². The van der Waals surface area contributed by atoms with Gasteiger partial charge < -0.3 is 34.2 Å². The zero-order valence-electron chi connectivity index (χ0n) is 55.6. The summed E-state index contributed by atoms with van der Waals surface area (Å²) in [7, 11) is -9.78. The Balaban J connectivity index is 4.54. The third kappa shape index (κ3) is 65.8. The normalized spacial score (nSPS) is 14.8. The largest absolute Gasteiger partial charge is 0.472 e. The lowest BCUT2D eigenvalue weighted by Gasteiger charge is -2.21. The Morgan fingerprint density at radius 1 is 0.326 bits per heavy atom. The second-order valence-corrected chi connectivity index (χ2v) is 25.8. The van der Waals surface area contributed by atoms with Gasteiger partial charge in [0.05, 0.1) is 26.4 Å². The van der Waals surface area contributed by atoms with Crippen molar-refractivity contribution in [3.05, 3.63) is 97.2 Å². The standard InChI is InChI=1S/C71H124O16P2/c1-4-7-10-13-16-19-22-25-27-28-29-30-31-32-33-34-35-36-38-41-42-45-48-51-54-57-69(74)81-60-66(72)61-83-88(77,78)84-62-67(73)63-85-89(79,80)86-65-68(87-71(76)59-56-53-50-47-44-39-24-21-18-15-12-9-6-3)64-82-70(75)58-55-52-49-46-43-40-37-26-23-20-17-14-11-8-5-2/h7,10,12,15-16,19,21,24-27,29-30,32-33,37,66-68,72-73H,4-6,8-9,11,13-14,17-18,20,22-23,28,31,34-36,38-65H2,1-3H3,(H,77,78)(H,79,80)/b10-7-,15-12-,19-16-,24-21-,27-25-,30-29-,33-32-,37-26-. The Morgan fingerprint density at radius 2 is 0.618 bits per heavy atom. The van der Waals surface area contributed by atoms with E-state index in [1.807, 2.05) is 0 Å². The molecule has 0 aliphatic carbocycles. The lowest BCUT2D eigenvalue weighted by atomic mass is 10.1. The van der Waals surface area contributed by atoms with Gasteiger partial charge in [-0.3, -0.25) is 32.5 Å². The number of carbonyl (C=O) groups is 3. The molecule has 18 heteroatoms. The van der Waals surface area contributed by atoms with Crippen LogP contribution < -0.4 is 0 Å². The highest BCUT2D eigenvalue weighted by Crippen LogP contribution is 2.45. The highest BCUT2D eigenvalue weighted by molar-refractivity contribution is 7.47. The second-order valence-electron chi connectivity index (χ2n) is 22.9. The molecule has 0 aromatic rings. The molecule has 4 N–H and O–H groups in total. The van der Waals surface area contributed by atoms with Gasteiger partial charge in [-0.25, -0.2) is 9.13 Å². The van der Waals surface area contributed by atoms with Crippen LogP contribution >= 0.6 is 15.6 Å². The van der Waals surface area contributed by atoms with E-state index in [9.17, 15) is 43.5 Å². The van der Waals surface area contributed by atoms with Crippen molar-refractivity contribution in [2.45, 2.75) is 296 Å². The minimum atomic E-state index is -4.93. The summed E-state index contributed by atoms with van der Waals surface area (Å²) in [4.78, 5) is 58.3. The predicted molar refractivity (Wildman–Crippen MR) is 362 cm³/mol. The highest BCUT2D eigenvalue weighted by Gasteiger charge is 2.29. The number of unbranched alkanes of at least 4 members (excludes halogenated alkanes) is 26. The maximum Gasteiger partial charge on any atom is 0.472 e. The molecule has 5 unspecified atom stereocenters. The first-order valence-electron chi connectivity index (χ1n) is 34.5. The summed E-state index contributed by atoms with van der Waals surface area (Å²) in [5, 5.41) is 20.5. The molecule has 0 aromatic heterocycles. The Kier molecular flexibility index (Phi) is 62.0. The van der Waals surface area contributed by atoms with Crippen molar-refractivity contribution in [2.24, 2.45) is 0 Å². The number of hydrogen-bond donors (Lipinski definition) is 4. The Hall–Kier alpha value is -3.53. The topological polar surface area (TPSA) is 231 Å². The van der Waals surface area contributed by atoms with Crippen molar-refractivity contribution in [3.8, 4) is 0 Å². The first-order chi connectivity index (χ1) is 43.2. The van der Waals surface area contributed by atoms with Gasteiger partial charge in [0.25, 0.3) is 0 Å². The fraction of sp³-hybridized carbons (Fsp3) is 0.732. The SMILES string of the molecule is CC/C=C\C/C=C\C/C=C\C/C=C\C/C=C\CCCCCCCCCCCC(=O)OCC(O)COP(=O)(O)OCC(O)COP(=O)(O)OCC(COC(=O)CCCCCCC/C=C\CCCCCCCC)OC(=O)CCCCCCC/C=C\C/C=C\CCC. The molecule has 0 aliphatic rings. The molecule has 89 heavy (non-hydrogen) atoms. The average Bonchev–Trinajstić information content (AvgIpc) is 3.70. The summed E-state index contributed by atoms with van der Waals surface area (Å²) >= 11 is 0. The molecule has 0 aliphatic heterocycles. The van der Waals surface area contributed by atoms with E-state index >= 15 is 0 Å². The van der Waals surface area contributed by atoms with Gasteiger partial charge in [0, 0.05) is 19.3 Å². The number of ether oxygens (including phenoxy) is 3. The number of esters is 3. The summed E-state index contributed by atoms with van der Waals surface area (Å²) in [6.07, 6.45) is 70.4. The third-order valence-electron chi connectivity index (χ3n) is 14.2. The zero-order chi connectivity index (χ0) is 65.3. The van der Waals surface area contributed by atoms with Crippen LogP contribution in [0.3, 0.4) is 0 Å². The maximum absolute atomic E-state index is 12.9. The van der Waals surface area contributed by atoms with Crippen LogP contribution in [0.4, 0.5) is 0 Å². The van der Waals surface area contributed by atoms with Gasteiger partial charge >= 0.3 is 33.6 Å². The zero-order valence-corrected chi connectivity index (χ0v) is 57.4. The van der Waals surface area contributed by atoms with E-state index in [1.54, 1.807) is 0 Å². The van der Waals surface area contributed by atoms with Gasteiger partial charge in [0.15, 0.2) is 6.10 Å². The number of hydrogen-bond acceptors (Lipinski definition) is 14. The van der Waals surface area contributed by atoms with Crippen molar-refractivity contribution < 1.29 is 75.8 Å². The van der Waals surface area contributed by atoms with Crippen LogP contribution in [0.25, 0.3) is 0 Å². The van der Waals surface area contributed by atoms with E-state index < -0.39 is 91.5 Å². The molecule has 5 atom stereocenters. The molecule has 0 spiro atoms. The average molecular weight is 1300 g/mol. The van der Waals surface area contributed by atoms with Crippen LogP contribution in [0, 0.1) is 0 Å². The quantitative estimate of drug-likeness (QED) is 0.0146. The first-order valence-corrected chi connectivity index (χ1v) is 37.5. The van der Waals surface area contributed by atoms with Crippen molar-refractivity contribution in [1.82, 2.24) is 0 Å². The van der Waals surface area contributed by atoms with Crippen LogP contribution in [0.1, 0.15) is 278 Å². The molecule has 0 saturated carbocycles. The monoisotopic (exact) mass is 1290 g/mol. The summed E-state index contributed by atoms with van der Waals surface area (Å²) in [5.41, 5.74) is 0. The Morgan fingerprint density at radius 3 is 1.00 bits per heavy atom. The van der Waals surface area contributed by atoms with Crippen LogP contribution in [0.2, 0.25) is 0 Å². The van der Waals surface area contributed by atoms with Crippen LogP contribution in [0.5, 0.6) is 0 Å². The number of aliphatic hydroxyl groups excluding tert-OH is 2. The van der Waals surface area contributed by atoms with E-state index in [2.05, 4.69) is 118 Å². The third-order valence-corrected chi connectivity index (χ3v) is 16.1. The second kappa shape index (κ2) is 64.6. The fourth-order valence-corrected chi connectivity index (χ4v) is 10.6. The molecule has 16 nitrogen and oxygen atoms in total. The molecule has 0 rings (SSSR count). The van der Waals surface area contributed by atoms with Gasteiger partial charge in [-0.2, -0.15) is 0 Å². The molecular weight excluding hydrogens is 1170 g/mol. The van der Waals surface area contributed by atoms with E-state index in [4.69, 9.17) is 32.3 Å². The molecule has 0 aromatic carbocycles. The summed E-state index contributed by atoms with van der Waals surface area (Å²) in [5.74, 6) is -1.60. The minimum Gasteiger partial charge on any atom is -0.463 e. The predicted octanol–water partition coefficient (Wildman–Crippen LogP) is 19.1. The lowest BCUT2D eigenvalue weighted by Crippen LogP contribution is -2.30. The summed E-state index contributed by atoms with van der Waals surface area (Å²) < 4.78 is 60.8. The number of phosphoric ester groups is 2. The smallest absolute Gasteiger partial charge is 0.463 e. The van der Waals surface area contributed by atoms with E-state index in [0.29, 0.717) is 19.3 Å². The van der Waals surface area contributed by atoms with Crippen molar-refractivity contribution >= 4 is 33.6 Å². The molecule has 0 radical (unpaired) electrons. The van der Waals surface area contributed by atoms with E-state index in [1.165, 1.54) is 64.2 Å².